The standard InChI is InChI=1S/C19H22ClNO4/c20-14-2-1-3-15(5-14)21-16(22)10-25-17(23)18-6-12-4-13(7-18)9-19(24,8-12)11-18/h1-3,5,12-13,24H,4,6-11H2,(H,21,22)/t12-,13-,18?,19?/m1/s1. The number of benzene rings is 1. The molecule has 0 unspecified atom stereocenters. The van der Waals surface area contributed by atoms with E-state index in [1.807, 2.05) is 0 Å². The molecule has 4 aliphatic carbocycles. The number of carbonyl (C=O) groups excluding carboxylic acids is 2. The molecule has 0 aliphatic heterocycles. The van der Waals surface area contributed by atoms with E-state index in [0.29, 0.717) is 29.0 Å². The van der Waals surface area contributed by atoms with Gasteiger partial charge in [-0.3, -0.25) is 9.59 Å². The maximum absolute atomic E-state index is 12.7. The maximum Gasteiger partial charge on any atom is 0.312 e. The van der Waals surface area contributed by atoms with Crippen LogP contribution >= 0.6 is 11.6 Å². The summed E-state index contributed by atoms with van der Waals surface area (Å²) in [6.07, 6.45) is 4.73. The van der Waals surface area contributed by atoms with E-state index in [2.05, 4.69) is 5.32 Å². The summed E-state index contributed by atoms with van der Waals surface area (Å²) in [7, 11) is 0. The SMILES string of the molecule is O=C(COC(=O)C12C[C@H]3C[C@@H](CC(O)(C3)C1)C2)Nc1cccc(Cl)c1. The zero-order valence-corrected chi connectivity index (χ0v) is 14.7. The van der Waals surface area contributed by atoms with Crippen LogP contribution in [0.15, 0.2) is 24.3 Å². The monoisotopic (exact) mass is 363 g/mol. The first kappa shape index (κ1) is 16.9. The van der Waals surface area contributed by atoms with Crippen molar-refractivity contribution in [1.82, 2.24) is 0 Å². The van der Waals surface area contributed by atoms with E-state index in [1.165, 1.54) is 0 Å². The molecule has 4 bridgehead atoms. The molecule has 6 heteroatoms. The van der Waals surface area contributed by atoms with E-state index in [9.17, 15) is 14.7 Å². The fourth-order valence-corrected chi connectivity index (χ4v) is 5.69. The van der Waals surface area contributed by atoms with Crippen molar-refractivity contribution < 1.29 is 19.4 Å². The van der Waals surface area contributed by atoms with E-state index < -0.39 is 11.0 Å². The molecule has 5 nitrogen and oxygen atoms in total. The van der Waals surface area contributed by atoms with Gasteiger partial charge in [-0.1, -0.05) is 17.7 Å². The maximum atomic E-state index is 12.7. The predicted octanol–water partition coefficient (Wildman–Crippen LogP) is 3.15. The molecule has 5 rings (SSSR count). The molecular formula is C19H22ClNO4. The highest BCUT2D eigenvalue weighted by Gasteiger charge is 2.60. The molecule has 4 fully saturated rings. The van der Waals surface area contributed by atoms with Crippen molar-refractivity contribution in [2.45, 2.75) is 44.1 Å². The molecule has 1 aromatic rings. The number of amides is 1. The van der Waals surface area contributed by atoms with Gasteiger partial charge < -0.3 is 15.2 Å². The molecule has 0 aromatic heterocycles. The lowest BCUT2D eigenvalue weighted by Crippen LogP contribution is -2.58. The van der Waals surface area contributed by atoms with Crippen LogP contribution in [0, 0.1) is 17.3 Å². The van der Waals surface area contributed by atoms with E-state index >= 15 is 0 Å². The Morgan fingerprint density at radius 1 is 1.24 bits per heavy atom. The Hall–Kier alpha value is -1.59. The topological polar surface area (TPSA) is 75.6 Å². The Morgan fingerprint density at radius 2 is 1.96 bits per heavy atom. The molecule has 1 aromatic carbocycles. The first-order chi connectivity index (χ1) is 11.9. The van der Waals surface area contributed by atoms with E-state index in [1.54, 1.807) is 24.3 Å². The van der Waals surface area contributed by atoms with Crippen LogP contribution in [0.4, 0.5) is 5.69 Å². The number of ether oxygens (including phenoxy) is 1. The Bertz CT molecular complexity index is 705. The second-order valence-electron chi connectivity index (χ2n) is 8.10. The summed E-state index contributed by atoms with van der Waals surface area (Å²) in [5, 5.41) is 13.9. The van der Waals surface area contributed by atoms with Crippen molar-refractivity contribution in [3.8, 4) is 0 Å². The van der Waals surface area contributed by atoms with E-state index in [4.69, 9.17) is 16.3 Å². The van der Waals surface area contributed by atoms with Crippen molar-refractivity contribution >= 4 is 29.2 Å². The van der Waals surface area contributed by atoms with Gasteiger partial charge in [-0.05, 0) is 68.6 Å². The van der Waals surface area contributed by atoms with Gasteiger partial charge in [0.2, 0.25) is 0 Å². The highest BCUT2D eigenvalue weighted by molar-refractivity contribution is 6.30. The van der Waals surface area contributed by atoms with Crippen LogP contribution in [0.3, 0.4) is 0 Å². The van der Waals surface area contributed by atoms with Crippen molar-refractivity contribution in [2.24, 2.45) is 17.3 Å². The average Bonchev–Trinajstić information content (AvgIpc) is 2.50. The van der Waals surface area contributed by atoms with Gasteiger partial charge >= 0.3 is 5.97 Å². The number of halogens is 1. The largest absolute Gasteiger partial charge is 0.455 e. The van der Waals surface area contributed by atoms with Gasteiger partial charge in [0.1, 0.15) is 0 Å². The van der Waals surface area contributed by atoms with Crippen LogP contribution in [-0.4, -0.2) is 29.2 Å². The van der Waals surface area contributed by atoms with Gasteiger partial charge in [0.25, 0.3) is 5.91 Å². The smallest absolute Gasteiger partial charge is 0.312 e. The predicted molar refractivity (Wildman–Crippen MR) is 93.1 cm³/mol. The summed E-state index contributed by atoms with van der Waals surface area (Å²) in [5.74, 6) is 0.0819. The molecular weight excluding hydrogens is 342 g/mol. The number of hydrogen-bond acceptors (Lipinski definition) is 4. The Labute approximate surface area is 151 Å². The first-order valence-corrected chi connectivity index (χ1v) is 9.19. The zero-order chi connectivity index (χ0) is 17.7. The minimum Gasteiger partial charge on any atom is -0.455 e. The molecule has 0 heterocycles. The lowest BCUT2D eigenvalue weighted by molar-refractivity contribution is -0.196. The van der Waals surface area contributed by atoms with Crippen molar-refractivity contribution in [3.63, 3.8) is 0 Å². The summed E-state index contributed by atoms with van der Waals surface area (Å²) in [5.41, 5.74) is -0.751. The van der Waals surface area contributed by atoms with Crippen LogP contribution in [0.2, 0.25) is 5.02 Å². The van der Waals surface area contributed by atoms with Crippen LogP contribution in [0.5, 0.6) is 0 Å². The second kappa shape index (κ2) is 5.99. The minimum atomic E-state index is -0.716. The summed E-state index contributed by atoms with van der Waals surface area (Å²) in [4.78, 5) is 24.8. The quantitative estimate of drug-likeness (QED) is 0.806. The molecule has 134 valence electrons. The fourth-order valence-electron chi connectivity index (χ4n) is 5.50. The number of hydrogen-bond donors (Lipinski definition) is 2. The lowest BCUT2D eigenvalue weighted by atomic mass is 9.48. The lowest BCUT2D eigenvalue weighted by Gasteiger charge is -2.58. The van der Waals surface area contributed by atoms with Gasteiger partial charge in [-0.15, -0.1) is 0 Å². The molecule has 4 saturated carbocycles. The van der Waals surface area contributed by atoms with E-state index in [-0.39, 0.29) is 18.5 Å². The third-order valence-corrected chi connectivity index (χ3v) is 6.14. The average molecular weight is 364 g/mol. The Kier molecular flexibility index (Phi) is 4.04. The number of esters is 1. The van der Waals surface area contributed by atoms with Gasteiger partial charge in [-0.25, -0.2) is 0 Å². The third-order valence-electron chi connectivity index (χ3n) is 5.91. The first-order valence-electron chi connectivity index (χ1n) is 8.81. The number of nitrogens with one attached hydrogen (secondary N) is 1. The third kappa shape index (κ3) is 3.27. The number of aliphatic hydroxyl groups is 1. The Balaban J connectivity index is 1.37. The fraction of sp³-hybridized carbons (Fsp3) is 0.579. The molecule has 0 spiro atoms. The Morgan fingerprint density at radius 3 is 2.60 bits per heavy atom. The summed E-state index contributed by atoms with van der Waals surface area (Å²) in [6.45, 7) is -0.319. The van der Waals surface area contributed by atoms with Crippen molar-refractivity contribution in [1.29, 1.82) is 0 Å². The van der Waals surface area contributed by atoms with Gasteiger partial charge in [0.05, 0.1) is 11.0 Å². The zero-order valence-electron chi connectivity index (χ0n) is 14.0. The van der Waals surface area contributed by atoms with Gasteiger partial charge in [0.15, 0.2) is 6.61 Å². The highest BCUT2D eigenvalue weighted by Crippen LogP contribution is 2.61. The summed E-state index contributed by atoms with van der Waals surface area (Å²) >= 11 is 5.89. The van der Waals surface area contributed by atoms with Crippen LogP contribution in [0.1, 0.15) is 38.5 Å². The highest BCUT2D eigenvalue weighted by atomic mass is 35.5. The van der Waals surface area contributed by atoms with Gasteiger partial charge in [0, 0.05) is 10.7 Å². The molecule has 0 saturated heterocycles. The summed E-state index contributed by atoms with van der Waals surface area (Å²) in [6, 6.07) is 6.81. The number of rotatable bonds is 4. The molecule has 0 radical (unpaired) electrons. The van der Waals surface area contributed by atoms with Gasteiger partial charge in [-0.2, -0.15) is 0 Å². The van der Waals surface area contributed by atoms with Crippen molar-refractivity contribution in [3.05, 3.63) is 29.3 Å². The molecule has 1 amide bonds. The van der Waals surface area contributed by atoms with Crippen LogP contribution in [-0.2, 0) is 14.3 Å². The minimum absolute atomic E-state index is 0.319. The summed E-state index contributed by atoms with van der Waals surface area (Å²) < 4.78 is 5.34. The molecule has 25 heavy (non-hydrogen) atoms. The molecule has 2 atom stereocenters. The van der Waals surface area contributed by atoms with E-state index in [0.717, 1.165) is 32.1 Å². The van der Waals surface area contributed by atoms with Crippen LogP contribution < -0.4 is 5.32 Å². The molecule has 4 aliphatic rings. The number of anilines is 1. The van der Waals surface area contributed by atoms with Crippen molar-refractivity contribution in [2.75, 3.05) is 11.9 Å². The normalized spacial score (nSPS) is 35.4. The molecule has 2 N–H and O–H groups in total. The number of carbonyl (C=O) groups is 2. The van der Waals surface area contributed by atoms with Crippen LogP contribution in [0.25, 0.3) is 0 Å². The second-order valence-corrected chi connectivity index (χ2v) is 8.54.